The van der Waals surface area contributed by atoms with Crippen molar-refractivity contribution in [3.8, 4) is 0 Å². The van der Waals surface area contributed by atoms with E-state index in [9.17, 15) is 9.90 Å². The predicted molar refractivity (Wildman–Crippen MR) is 60.3 cm³/mol. The van der Waals surface area contributed by atoms with Gasteiger partial charge in [-0.15, -0.1) is 0 Å². The van der Waals surface area contributed by atoms with Crippen LogP contribution in [0.3, 0.4) is 0 Å². The summed E-state index contributed by atoms with van der Waals surface area (Å²) in [5.41, 5.74) is 0.998. The molecule has 1 aromatic rings. The highest BCUT2D eigenvalue weighted by molar-refractivity contribution is 6.37. The summed E-state index contributed by atoms with van der Waals surface area (Å²) in [6.45, 7) is -0.215. The molecule has 0 saturated heterocycles. The Morgan fingerprint density at radius 3 is 2.76 bits per heavy atom. The van der Waals surface area contributed by atoms with Gasteiger partial charge in [0.2, 0.25) is 0 Å². The van der Waals surface area contributed by atoms with E-state index in [2.05, 4.69) is 9.89 Å². The number of carbonyl (C=O) groups excluding carboxylic acids is 1. The van der Waals surface area contributed by atoms with Crippen molar-refractivity contribution in [1.29, 1.82) is 0 Å². The van der Waals surface area contributed by atoms with E-state index in [0.717, 1.165) is 5.56 Å². The Hall–Kier alpha value is -1.88. The predicted octanol–water partition coefficient (Wildman–Crippen LogP) is 0.895. The number of oxime groups is 1. The molecular formula is C12H13NO4. The fourth-order valence-electron chi connectivity index (χ4n) is 1.81. The molecule has 0 unspecified atom stereocenters. The van der Waals surface area contributed by atoms with Crippen LogP contribution in [0.2, 0.25) is 0 Å². The molecule has 1 aliphatic heterocycles. The highest BCUT2D eigenvalue weighted by atomic mass is 16.6. The molecule has 5 nitrogen and oxygen atoms in total. The molecule has 2 rings (SSSR count). The maximum absolute atomic E-state index is 11.4. The van der Waals surface area contributed by atoms with Crippen LogP contribution in [0.15, 0.2) is 35.5 Å². The minimum atomic E-state index is -0.567. The monoisotopic (exact) mass is 235 g/mol. The molecule has 0 aromatic heterocycles. The molecule has 1 aliphatic rings. The quantitative estimate of drug-likeness (QED) is 0.790. The summed E-state index contributed by atoms with van der Waals surface area (Å²) in [4.78, 5) is 16.6. The zero-order valence-electron chi connectivity index (χ0n) is 9.37. The van der Waals surface area contributed by atoms with Crippen molar-refractivity contribution in [1.82, 2.24) is 0 Å². The highest BCUT2D eigenvalue weighted by Gasteiger charge is 2.39. The number of aliphatic hydroxyl groups excluding tert-OH is 1. The van der Waals surface area contributed by atoms with E-state index in [1.807, 2.05) is 30.3 Å². The van der Waals surface area contributed by atoms with Gasteiger partial charge in [-0.25, -0.2) is 4.79 Å². The number of methoxy groups -OCH3 is 1. The van der Waals surface area contributed by atoms with Crippen molar-refractivity contribution in [2.75, 3.05) is 13.7 Å². The van der Waals surface area contributed by atoms with Crippen LogP contribution in [0, 0.1) is 5.92 Å². The fourth-order valence-corrected chi connectivity index (χ4v) is 1.81. The van der Waals surface area contributed by atoms with Gasteiger partial charge in [0.05, 0.1) is 19.6 Å². The van der Waals surface area contributed by atoms with Gasteiger partial charge in [-0.05, 0) is 5.56 Å². The minimum absolute atomic E-state index is 0.129. The highest BCUT2D eigenvalue weighted by Crippen LogP contribution is 2.32. The number of aliphatic hydroxyl groups is 1. The Labute approximate surface area is 98.6 Å². The number of hydrogen-bond acceptors (Lipinski definition) is 5. The molecule has 0 bridgehead atoms. The van der Waals surface area contributed by atoms with Gasteiger partial charge in [-0.2, -0.15) is 0 Å². The summed E-state index contributed by atoms with van der Waals surface area (Å²) < 4.78 is 4.59. The zero-order chi connectivity index (χ0) is 12.3. The van der Waals surface area contributed by atoms with Crippen molar-refractivity contribution in [2.45, 2.75) is 6.10 Å². The van der Waals surface area contributed by atoms with E-state index in [1.54, 1.807) is 0 Å². The van der Waals surface area contributed by atoms with Crippen LogP contribution < -0.4 is 0 Å². The first-order chi connectivity index (χ1) is 8.27. The van der Waals surface area contributed by atoms with E-state index in [1.165, 1.54) is 7.11 Å². The van der Waals surface area contributed by atoms with Crippen molar-refractivity contribution in [2.24, 2.45) is 11.1 Å². The second-order valence-electron chi connectivity index (χ2n) is 3.69. The molecule has 0 radical (unpaired) electrons. The van der Waals surface area contributed by atoms with E-state index in [0.29, 0.717) is 0 Å². The van der Waals surface area contributed by atoms with Crippen LogP contribution in [0.1, 0.15) is 11.7 Å². The lowest BCUT2D eigenvalue weighted by Gasteiger charge is -2.15. The average molecular weight is 235 g/mol. The van der Waals surface area contributed by atoms with Crippen molar-refractivity contribution in [3.05, 3.63) is 35.9 Å². The molecule has 0 aliphatic carbocycles. The van der Waals surface area contributed by atoms with Gasteiger partial charge < -0.3 is 14.7 Å². The topological polar surface area (TPSA) is 68.1 Å². The minimum Gasteiger partial charge on any atom is -0.464 e. The van der Waals surface area contributed by atoms with E-state index >= 15 is 0 Å². The smallest absolute Gasteiger partial charge is 0.356 e. The van der Waals surface area contributed by atoms with Crippen molar-refractivity contribution < 1.29 is 19.5 Å². The number of carbonyl (C=O) groups is 1. The molecule has 2 atom stereocenters. The number of esters is 1. The van der Waals surface area contributed by atoms with E-state index in [4.69, 9.17) is 4.84 Å². The van der Waals surface area contributed by atoms with Gasteiger partial charge in [-0.3, -0.25) is 0 Å². The Morgan fingerprint density at radius 2 is 2.18 bits per heavy atom. The molecule has 0 saturated carbocycles. The maximum atomic E-state index is 11.4. The fraction of sp³-hybridized carbons (Fsp3) is 0.333. The largest absolute Gasteiger partial charge is 0.464 e. The Balaban J connectivity index is 2.22. The number of hydrogen-bond donors (Lipinski definition) is 1. The molecule has 1 aromatic carbocycles. The number of rotatable bonds is 3. The lowest BCUT2D eigenvalue weighted by Crippen LogP contribution is -2.28. The molecule has 17 heavy (non-hydrogen) atoms. The third kappa shape index (κ3) is 2.14. The normalized spacial score (nSPS) is 22.8. The Morgan fingerprint density at radius 1 is 1.47 bits per heavy atom. The summed E-state index contributed by atoms with van der Waals surface area (Å²) in [7, 11) is 1.27. The first kappa shape index (κ1) is 11.6. The van der Waals surface area contributed by atoms with Crippen molar-refractivity contribution in [3.63, 3.8) is 0 Å². The zero-order valence-corrected chi connectivity index (χ0v) is 9.37. The molecule has 0 amide bonds. The van der Waals surface area contributed by atoms with Gasteiger partial charge in [0.25, 0.3) is 0 Å². The van der Waals surface area contributed by atoms with E-state index in [-0.39, 0.29) is 12.3 Å². The first-order valence-corrected chi connectivity index (χ1v) is 5.25. The second kappa shape index (κ2) is 4.97. The lowest BCUT2D eigenvalue weighted by atomic mass is 9.93. The average Bonchev–Trinajstić information content (AvgIpc) is 2.82. The van der Waals surface area contributed by atoms with Crippen LogP contribution in [0.25, 0.3) is 0 Å². The molecule has 1 N–H and O–H groups in total. The van der Waals surface area contributed by atoms with E-state index < -0.39 is 18.0 Å². The lowest BCUT2D eigenvalue weighted by molar-refractivity contribution is -0.133. The molecule has 90 valence electrons. The van der Waals surface area contributed by atoms with Gasteiger partial charge >= 0.3 is 5.97 Å². The molecule has 0 fully saturated rings. The summed E-state index contributed by atoms with van der Waals surface area (Å²) in [6, 6.07) is 9.34. The summed E-state index contributed by atoms with van der Waals surface area (Å²) in [5, 5.41) is 13.0. The van der Waals surface area contributed by atoms with Gasteiger partial charge in [-0.1, -0.05) is 35.5 Å². The maximum Gasteiger partial charge on any atom is 0.356 e. The van der Waals surface area contributed by atoms with Crippen LogP contribution in [-0.4, -0.2) is 30.5 Å². The standard InChI is InChI=1S/C12H13NO4/c1-16-12(15)10-9(7-14)11(17-13-10)8-5-3-2-4-6-8/h2-6,9,11,14H,7H2,1H3/t9-,11+/m1/s1. The van der Waals surface area contributed by atoms with Gasteiger partial charge in [0.15, 0.2) is 11.8 Å². The number of benzene rings is 1. The molecular weight excluding hydrogens is 222 g/mol. The number of ether oxygens (including phenoxy) is 1. The van der Waals surface area contributed by atoms with Gasteiger partial charge in [0, 0.05) is 0 Å². The SMILES string of the molecule is COC(=O)C1=NO[C@@H](c2ccccc2)[C@@H]1CO. The van der Waals surface area contributed by atoms with Gasteiger partial charge in [0.1, 0.15) is 0 Å². The molecule has 5 heteroatoms. The first-order valence-electron chi connectivity index (χ1n) is 5.25. The second-order valence-corrected chi connectivity index (χ2v) is 3.69. The summed E-state index contributed by atoms with van der Waals surface area (Å²) in [6.07, 6.45) is -0.435. The van der Waals surface area contributed by atoms with Crippen LogP contribution in [0.5, 0.6) is 0 Å². The summed E-state index contributed by atoms with van der Waals surface area (Å²) in [5.74, 6) is -1.05. The molecule has 1 heterocycles. The van der Waals surface area contributed by atoms with Crippen LogP contribution in [0.4, 0.5) is 0 Å². The molecule has 0 spiro atoms. The summed E-state index contributed by atoms with van der Waals surface area (Å²) >= 11 is 0. The third-order valence-electron chi connectivity index (χ3n) is 2.70. The number of nitrogens with zero attached hydrogens (tertiary/aromatic N) is 1. The van der Waals surface area contributed by atoms with Crippen LogP contribution in [-0.2, 0) is 14.4 Å². The Bertz CT molecular complexity index is 429. The van der Waals surface area contributed by atoms with Crippen molar-refractivity contribution >= 4 is 11.7 Å². The third-order valence-corrected chi connectivity index (χ3v) is 2.70. The Kier molecular flexibility index (Phi) is 3.39. The van der Waals surface area contributed by atoms with Crippen LogP contribution >= 0.6 is 0 Å².